The normalized spacial score (nSPS) is 7.00. The second kappa shape index (κ2) is 15.7. The van der Waals surface area contributed by atoms with Crippen molar-refractivity contribution in [1.29, 1.82) is 0 Å². The van der Waals surface area contributed by atoms with Crippen molar-refractivity contribution in [2.45, 2.75) is 13.2 Å². The molecule has 0 bridgehead atoms. The minimum atomic E-state index is 0.750. The van der Waals surface area contributed by atoms with Crippen LogP contribution in [0.3, 0.4) is 0 Å². The zero-order valence-corrected chi connectivity index (χ0v) is 6.18. The fraction of sp³-hybridized carbons (Fsp3) is 1.00. The zero-order chi connectivity index (χ0) is 7.54. The molecule has 0 atom stereocenters. The Balaban J connectivity index is 0. The third kappa shape index (κ3) is 33.6. The van der Waals surface area contributed by atoms with E-state index in [0.29, 0.717) is 0 Å². The van der Waals surface area contributed by atoms with Crippen LogP contribution in [0.1, 0.15) is 6.42 Å². The Morgan fingerprint density at radius 1 is 1.67 bits per heavy atom. The molecule has 0 aliphatic rings. The van der Waals surface area contributed by atoms with Gasteiger partial charge in [0.2, 0.25) is 0 Å². The average Bonchev–Trinajstić information content (AvgIpc) is 1.86. The van der Waals surface area contributed by atoms with E-state index in [-0.39, 0.29) is 0 Å². The van der Waals surface area contributed by atoms with Gasteiger partial charge in [-0.1, -0.05) is 0 Å². The minimum absolute atomic E-state index is 0.750. The smallest absolute Gasteiger partial charge is 0.00399 e. The van der Waals surface area contributed by atoms with E-state index < -0.39 is 0 Å². The van der Waals surface area contributed by atoms with E-state index in [0.717, 1.165) is 26.7 Å². The van der Waals surface area contributed by atoms with E-state index in [2.05, 4.69) is 5.32 Å². The maximum Gasteiger partial charge on any atom is -0.00399 e. The molecule has 0 spiro atoms. The van der Waals surface area contributed by atoms with Crippen molar-refractivity contribution in [3.8, 4) is 0 Å². The average molecular weight is 130 g/mol. The van der Waals surface area contributed by atoms with Crippen molar-refractivity contribution in [2.24, 2.45) is 5.73 Å². The van der Waals surface area contributed by atoms with Crippen LogP contribution in [-0.2, 0) is 4.70 Å². The Morgan fingerprint density at radius 3 is 2.22 bits per heavy atom. The van der Waals surface area contributed by atoms with Crippen LogP contribution in [0.2, 0.25) is 6.82 Å². The van der Waals surface area contributed by atoms with Crippen LogP contribution in [0.15, 0.2) is 0 Å². The summed E-state index contributed by atoms with van der Waals surface area (Å²) in [6, 6.07) is 0. The summed E-state index contributed by atoms with van der Waals surface area (Å²) >= 11 is 0. The third-order valence-electron chi connectivity index (χ3n) is 0.631. The molecule has 9 heavy (non-hydrogen) atoms. The first kappa shape index (κ1) is 11.6. The molecule has 3 nitrogen and oxygen atoms in total. The van der Waals surface area contributed by atoms with Gasteiger partial charge in [0.1, 0.15) is 0 Å². The summed E-state index contributed by atoms with van der Waals surface area (Å²) in [5, 5.41) is 2.99. The van der Waals surface area contributed by atoms with Crippen LogP contribution in [-0.4, -0.2) is 27.3 Å². The quantitative estimate of drug-likeness (QED) is 0.405. The number of nitrogens with one attached hydrogen (secondary N) is 1. The Hall–Kier alpha value is -0.215. The maximum atomic E-state index is 8.81. The van der Waals surface area contributed by atoms with Gasteiger partial charge < -0.3 is 11.1 Å². The first-order valence-corrected chi connectivity index (χ1v) is 3.07. The summed E-state index contributed by atoms with van der Waals surface area (Å²) in [4.78, 5) is 0. The zero-order valence-electron chi connectivity index (χ0n) is 6.18. The van der Waals surface area contributed by atoms with Crippen molar-refractivity contribution in [1.82, 2.24) is 5.32 Å². The van der Waals surface area contributed by atoms with Gasteiger partial charge >= 0.3 is 18.7 Å². The molecule has 0 aromatic carbocycles. The van der Waals surface area contributed by atoms with Gasteiger partial charge in [0, 0.05) is 0 Å². The van der Waals surface area contributed by atoms with E-state index in [1.54, 1.807) is 0 Å². The number of hydrogen-bond donors (Lipinski definition) is 2. The molecule has 0 fully saturated rings. The molecule has 0 radical (unpaired) electrons. The monoisotopic (exact) mass is 130 g/mol. The maximum absolute atomic E-state index is 8.81. The molecule has 54 valence electrons. The topological polar surface area (TPSA) is 55.1 Å². The van der Waals surface area contributed by atoms with Gasteiger partial charge in [0.25, 0.3) is 0 Å². The van der Waals surface area contributed by atoms with E-state index in [1.807, 2.05) is 7.05 Å². The van der Waals surface area contributed by atoms with Gasteiger partial charge in [-0.25, -0.2) is 0 Å². The Kier molecular flexibility index (Phi) is 20.1. The van der Waals surface area contributed by atoms with Gasteiger partial charge in [-0.2, -0.15) is 0 Å². The molecule has 0 saturated carbocycles. The van der Waals surface area contributed by atoms with Gasteiger partial charge in [-0.3, -0.25) is 0 Å². The number of nitrogens with two attached hydrogens (primary N) is 1. The fourth-order valence-electron chi connectivity index (χ4n) is 0.279. The Labute approximate surface area is 57.3 Å². The Bertz CT molecular complexity index is 48.2. The molecule has 0 aliphatic heterocycles. The third-order valence-corrected chi connectivity index (χ3v) is 0.631. The van der Waals surface area contributed by atoms with Crippen LogP contribution in [0.4, 0.5) is 0 Å². The van der Waals surface area contributed by atoms with Gasteiger partial charge in [-0.15, -0.1) is 0 Å². The van der Waals surface area contributed by atoms with Crippen LogP contribution >= 0.6 is 0 Å². The predicted octanol–water partition coefficient (Wildman–Crippen LogP) is -0.361. The molecule has 0 aromatic heterocycles. The van der Waals surface area contributed by atoms with E-state index in [4.69, 9.17) is 10.4 Å². The number of hydrogen-bond acceptors (Lipinski definition) is 3. The second-order valence-corrected chi connectivity index (χ2v) is 1.48. The summed E-state index contributed by atoms with van der Waals surface area (Å²) in [5.74, 6) is 0. The summed E-state index contributed by atoms with van der Waals surface area (Å²) in [6.45, 7) is 3.28. The standard InChI is InChI=1S/C4H12N2.CH3BO/c1-6-4-2-3-5;1-2-3/h6H,2-5H2,1H3;1H3. The van der Waals surface area contributed by atoms with Crippen molar-refractivity contribution in [2.75, 3.05) is 20.1 Å². The first-order chi connectivity index (χ1) is 4.33. The van der Waals surface area contributed by atoms with Gasteiger partial charge in [0.05, 0.1) is 0 Å². The minimum Gasteiger partial charge on any atom is -0.330 e. The molecule has 0 aromatic rings. The van der Waals surface area contributed by atoms with Crippen LogP contribution < -0.4 is 11.1 Å². The predicted molar refractivity (Wildman–Crippen MR) is 39.9 cm³/mol. The fourth-order valence-corrected chi connectivity index (χ4v) is 0.279. The van der Waals surface area contributed by atoms with Gasteiger partial charge in [-0.05, 0) is 26.6 Å². The SMILES string of the molecule is CB=O.CNCCCN. The van der Waals surface area contributed by atoms with Crippen molar-refractivity contribution < 1.29 is 4.70 Å². The largest absolute Gasteiger partial charge is 0.330 e. The Morgan fingerprint density at radius 2 is 2.11 bits per heavy atom. The van der Waals surface area contributed by atoms with Crippen LogP contribution in [0.25, 0.3) is 0 Å². The molecule has 4 heteroatoms. The summed E-state index contributed by atoms with van der Waals surface area (Å²) in [5.41, 5.74) is 5.17. The molecule has 0 rings (SSSR count). The molecule has 0 heterocycles. The van der Waals surface area contributed by atoms with Crippen molar-refractivity contribution in [3.05, 3.63) is 0 Å². The van der Waals surface area contributed by atoms with E-state index >= 15 is 0 Å². The van der Waals surface area contributed by atoms with Crippen molar-refractivity contribution >= 4 is 7.15 Å². The molecule has 0 amide bonds. The molecule has 0 aliphatic carbocycles. The van der Waals surface area contributed by atoms with Crippen molar-refractivity contribution in [3.63, 3.8) is 0 Å². The van der Waals surface area contributed by atoms with Crippen LogP contribution in [0.5, 0.6) is 0 Å². The summed E-state index contributed by atoms with van der Waals surface area (Å²) < 4.78 is 8.81. The van der Waals surface area contributed by atoms with E-state index in [9.17, 15) is 0 Å². The molecular weight excluding hydrogens is 115 g/mol. The van der Waals surface area contributed by atoms with Crippen LogP contribution in [0, 0.1) is 0 Å². The molecular formula is C5H15BN2O. The molecule has 3 N–H and O–H groups in total. The van der Waals surface area contributed by atoms with Gasteiger partial charge in [0.15, 0.2) is 0 Å². The first-order valence-electron chi connectivity index (χ1n) is 3.07. The molecule has 0 unspecified atom stereocenters. The summed E-state index contributed by atoms with van der Waals surface area (Å²) in [6.07, 6.45) is 1.08. The molecule has 0 saturated heterocycles. The second-order valence-electron chi connectivity index (χ2n) is 1.48. The summed E-state index contributed by atoms with van der Waals surface area (Å²) in [7, 11) is 2.68. The van der Waals surface area contributed by atoms with E-state index in [1.165, 1.54) is 6.82 Å². The number of rotatable bonds is 3.